The van der Waals surface area contributed by atoms with Crippen molar-refractivity contribution in [2.45, 2.75) is 0 Å². The summed E-state index contributed by atoms with van der Waals surface area (Å²) in [5.74, 6) is -0.260. The smallest absolute Gasteiger partial charge is 0.167 e. The highest BCUT2D eigenvalue weighted by Crippen LogP contribution is 2.34. The van der Waals surface area contributed by atoms with E-state index in [0.717, 1.165) is 59.5 Å². The van der Waals surface area contributed by atoms with Crippen molar-refractivity contribution in [2.24, 2.45) is 0 Å². The third-order valence-corrected chi connectivity index (χ3v) is 6.73. The molecule has 1 fully saturated rings. The van der Waals surface area contributed by atoms with Crippen LogP contribution in [0, 0.1) is 5.82 Å². The van der Waals surface area contributed by atoms with Gasteiger partial charge in [-0.1, -0.05) is 12.1 Å². The van der Waals surface area contributed by atoms with Gasteiger partial charge in [0.1, 0.15) is 0 Å². The Morgan fingerprint density at radius 2 is 1.69 bits per heavy atom. The van der Waals surface area contributed by atoms with Crippen LogP contribution in [0.4, 0.5) is 10.1 Å². The van der Waals surface area contributed by atoms with Crippen LogP contribution in [0.1, 0.15) is 0 Å². The first-order valence-corrected chi connectivity index (χ1v) is 11.6. The van der Waals surface area contributed by atoms with Gasteiger partial charge in [-0.3, -0.25) is 4.98 Å². The minimum absolute atomic E-state index is 0.179. The van der Waals surface area contributed by atoms with E-state index >= 15 is 0 Å². The quantitative estimate of drug-likeness (QED) is 0.387. The summed E-state index contributed by atoms with van der Waals surface area (Å²) in [6.07, 6.45) is 7.31. The number of pyridine rings is 1. The normalized spacial score (nSPS) is 14.7. The number of ether oxygens (including phenoxy) is 1. The summed E-state index contributed by atoms with van der Waals surface area (Å²) in [7, 11) is 3.62. The topological polar surface area (TPSA) is 58.8 Å². The first kappa shape index (κ1) is 21.5. The van der Waals surface area contributed by atoms with Crippen LogP contribution in [0.2, 0.25) is 0 Å². The Balaban J connectivity index is 1.34. The fourth-order valence-electron chi connectivity index (χ4n) is 4.68. The summed E-state index contributed by atoms with van der Waals surface area (Å²) in [4.78, 5) is 13.8. The van der Waals surface area contributed by atoms with Gasteiger partial charge in [0.05, 0.1) is 18.8 Å². The van der Waals surface area contributed by atoms with Crippen LogP contribution in [-0.4, -0.2) is 64.8 Å². The molecule has 5 aromatic rings. The predicted octanol–water partition coefficient (Wildman–Crippen LogP) is 4.51. The van der Waals surface area contributed by atoms with Crippen LogP contribution in [0.25, 0.3) is 38.8 Å². The lowest BCUT2D eigenvalue weighted by Gasteiger charge is -2.34. The van der Waals surface area contributed by atoms with E-state index in [2.05, 4.69) is 51.2 Å². The molecule has 0 unspecified atom stereocenters. The van der Waals surface area contributed by atoms with Crippen molar-refractivity contribution in [3.8, 4) is 28.0 Å². The zero-order valence-electron chi connectivity index (χ0n) is 19.6. The summed E-state index contributed by atoms with van der Waals surface area (Å²) >= 11 is 0. The highest BCUT2D eigenvalue weighted by Gasteiger charge is 2.16. The van der Waals surface area contributed by atoms with Crippen LogP contribution >= 0.6 is 0 Å². The molecule has 0 saturated carbocycles. The Morgan fingerprint density at radius 3 is 2.46 bits per heavy atom. The molecule has 0 amide bonds. The first-order chi connectivity index (χ1) is 17.1. The third-order valence-electron chi connectivity index (χ3n) is 6.73. The molecule has 4 heterocycles. The maximum absolute atomic E-state index is 14.2. The van der Waals surface area contributed by atoms with Gasteiger partial charge in [0, 0.05) is 73.0 Å². The van der Waals surface area contributed by atoms with Crippen molar-refractivity contribution in [3.05, 3.63) is 73.1 Å². The van der Waals surface area contributed by atoms with Crippen LogP contribution in [0.15, 0.2) is 67.3 Å². The maximum atomic E-state index is 14.2. The van der Waals surface area contributed by atoms with Gasteiger partial charge in [-0.25, -0.2) is 13.9 Å². The van der Waals surface area contributed by atoms with E-state index < -0.39 is 5.82 Å². The van der Waals surface area contributed by atoms with Gasteiger partial charge in [0.25, 0.3) is 0 Å². The highest BCUT2D eigenvalue weighted by atomic mass is 19.1. The Morgan fingerprint density at radius 1 is 0.886 bits per heavy atom. The molecule has 0 N–H and O–H groups in total. The molecule has 8 heteroatoms. The summed E-state index contributed by atoms with van der Waals surface area (Å²) in [5, 5.41) is 5.35. The largest absolute Gasteiger partial charge is 0.494 e. The second-order valence-corrected chi connectivity index (χ2v) is 8.87. The standard InChI is InChI=1S/C27H25FN6O/c1-32-9-11-33(12-10-32)20-5-3-18(4-6-20)19-15-30-27-23(16-31-34(27)17-19)21-7-8-29-25-14-24(28)26(35-2)13-22(21)25/h3-8,13-17H,9-12H2,1-2H3. The van der Waals surface area contributed by atoms with Crippen molar-refractivity contribution in [1.29, 1.82) is 0 Å². The monoisotopic (exact) mass is 468 g/mol. The summed E-state index contributed by atoms with van der Waals surface area (Å²) < 4.78 is 21.2. The number of likely N-dealkylation sites (N-methyl/N-ethyl adjacent to an activating group) is 1. The number of anilines is 1. The minimum atomic E-state index is -0.439. The van der Waals surface area contributed by atoms with Crippen LogP contribution in [0.5, 0.6) is 5.75 Å². The Bertz CT molecular complexity index is 1520. The van der Waals surface area contributed by atoms with Crippen LogP contribution in [0.3, 0.4) is 0 Å². The van der Waals surface area contributed by atoms with E-state index in [9.17, 15) is 4.39 Å². The van der Waals surface area contributed by atoms with E-state index in [0.29, 0.717) is 5.52 Å². The third kappa shape index (κ3) is 3.85. The number of hydrogen-bond acceptors (Lipinski definition) is 6. The van der Waals surface area contributed by atoms with Gasteiger partial charge in [0.2, 0.25) is 0 Å². The summed E-state index contributed by atoms with van der Waals surface area (Å²) in [5.41, 5.74) is 6.32. The molecule has 176 valence electrons. The minimum Gasteiger partial charge on any atom is -0.494 e. The second kappa shape index (κ2) is 8.63. The first-order valence-electron chi connectivity index (χ1n) is 11.6. The maximum Gasteiger partial charge on any atom is 0.167 e. The fraction of sp³-hybridized carbons (Fsp3) is 0.222. The molecule has 2 aromatic carbocycles. The molecule has 0 spiro atoms. The Hall–Kier alpha value is -4.04. The van der Waals surface area contributed by atoms with E-state index in [1.165, 1.54) is 18.9 Å². The molecular formula is C27H25FN6O. The zero-order valence-corrected chi connectivity index (χ0v) is 19.6. The predicted molar refractivity (Wildman–Crippen MR) is 135 cm³/mol. The van der Waals surface area contributed by atoms with Gasteiger partial charge in [-0.05, 0) is 42.4 Å². The number of hydrogen-bond donors (Lipinski definition) is 0. The molecule has 3 aromatic heterocycles. The molecule has 6 rings (SSSR count). The molecular weight excluding hydrogens is 443 g/mol. The number of rotatable bonds is 4. The molecule has 1 aliphatic heterocycles. The Kier molecular flexibility index (Phi) is 5.30. The molecule has 0 atom stereocenters. The lowest BCUT2D eigenvalue weighted by Crippen LogP contribution is -2.44. The number of aromatic nitrogens is 4. The van der Waals surface area contributed by atoms with Gasteiger partial charge >= 0.3 is 0 Å². The fourth-order valence-corrected chi connectivity index (χ4v) is 4.68. The van der Waals surface area contributed by atoms with Gasteiger partial charge < -0.3 is 14.5 Å². The van der Waals surface area contributed by atoms with Crippen molar-refractivity contribution in [1.82, 2.24) is 24.5 Å². The van der Waals surface area contributed by atoms with Gasteiger partial charge in [0.15, 0.2) is 17.2 Å². The number of nitrogens with zero attached hydrogens (tertiary/aromatic N) is 6. The number of halogens is 1. The molecule has 7 nitrogen and oxygen atoms in total. The molecule has 0 aliphatic carbocycles. The Labute approximate surface area is 202 Å². The average Bonchev–Trinajstić information content (AvgIpc) is 3.31. The van der Waals surface area contributed by atoms with Crippen molar-refractivity contribution in [3.63, 3.8) is 0 Å². The zero-order chi connectivity index (χ0) is 23.9. The van der Waals surface area contributed by atoms with Gasteiger partial charge in [-0.15, -0.1) is 0 Å². The number of methoxy groups -OCH3 is 1. The second-order valence-electron chi connectivity index (χ2n) is 8.87. The molecule has 1 aliphatic rings. The van der Waals surface area contributed by atoms with E-state index in [4.69, 9.17) is 9.72 Å². The molecule has 35 heavy (non-hydrogen) atoms. The molecule has 1 saturated heterocycles. The van der Waals surface area contributed by atoms with Crippen molar-refractivity contribution in [2.75, 3.05) is 45.2 Å². The number of fused-ring (bicyclic) bond motifs is 2. The van der Waals surface area contributed by atoms with E-state index in [-0.39, 0.29) is 5.75 Å². The lowest BCUT2D eigenvalue weighted by molar-refractivity contribution is 0.313. The molecule has 0 radical (unpaired) electrons. The highest BCUT2D eigenvalue weighted by molar-refractivity contribution is 5.98. The van der Waals surface area contributed by atoms with Crippen molar-refractivity contribution < 1.29 is 9.13 Å². The number of benzene rings is 2. The average molecular weight is 469 g/mol. The van der Waals surface area contributed by atoms with Crippen LogP contribution < -0.4 is 9.64 Å². The summed E-state index contributed by atoms with van der Waals surface area (Å²) in [6, 6.07) is 13.6. The SMILES string of the molecule is COc1cc2c(-c3cnn4cc(-c5ccc(N6CCN(C)CC6)cc5)cnc34)ccnc2cc1F. The van der Waals surface area contributed by atoms with Crippen LogP contribution in [-0.2, 0) is 0 Å². The van der Waals surface area contributed by atoms with E-state index in [1.54, 1.807) is 23.0 Å². The van der Waals surface area contributed by atoms with Crippen molar-refractivity contribution >= 4 is 22.2 Å². The molecule has 0 bridgehead atoms. The number of piperazine rings is 1. The summed E-state index contributed by atoms with van der Waals surface area (Å²) in [6.45, 7) is 4.25. The van der Waals surface area contributed by atoms with Gasteiger partial charge in [-0.2, -0.15) is 5.10 Å². The lowest BCUT2D eigenvalue weighted by atomic mass is 10.0. The van der Waals surface area contributed by atoms with E-state index in [1.807, 2.05) is 18.5 Å².